The van der Waals surface area contributed by atoms with Crippen LogP contribution >= 0.6 is 12.4 Å². The molecule has 1 heterocycles. The third-order valence-corrected chi connectivity index (χ3v) is 1.39. The number of halogens is 1. The zero-order chi connectivity index (χ0) is 8.97. The minimum Gasteiger partial charge on any atom is -0.467 e. The molecule has 1 unspecified atom stereocenters. The predicted octanol–water partition coefficient (Wildman–Crippen LogP) is 0.710. The first kappa shape index (κ1) is 11.9. The average Bonchev–Trinajstić information content (AvgIpc) is 2.17. The number of hydrogen-bond donors (Lipinski definition) is 1. The smallest absolute Gasteiger partial charge is 0.341 e. The van der Waals surface area contributed by atoms with Gasteiger partial charge in [0.2, 0.25) is 0 Å². The van der Waals surface area contributed by atoms with E-state index >= 15 is 0 Å². The fourth-order valence-corrected chi connectivity index (χ4v) is 0.770. The summed E-state index contributed by atoms with van der Waals surface area (Å²) in [7, 11) is 1.22. The van der Waals surface area contributed by atoms with Crippen LogP contribution in [-0.4, -0.2) is 23.2 Å². The summed E-state index contributed by atoms with van der Waals surface area (Å²) in [4.78, 5) is 14.6. The lowest BCUT2D eigenvalue weighted by Gasteiger charge is -2.05. The molecule has 5 heteroatoms. The van der Waals surface area contributed by atoms with Crippen molar-refractivity contribution < 1.29 is 14.6 Å². The number of rotatable bonds is 2. The summed E-state index contributed by atoms with van der Waals surface area (Å²) in [6, 6.07) is 4.95. The lowest BCUT2D eigenvalue weighted by molar-refractivity contribution is -0.150. The van der Waals surface area contributed by atoms with Crippen LogP contribution in [0.15, 0.2) is 24.4 Å². The Morgan fingerprint density at radius 2 is 2.31 bits per heavy atom. The Labute approximate surface area is 82.0 Å². The molecule has 1 N–H and O–H groups in total. The molecule has 0 aromatic carbocycles. The van der Waals surface area contributed by atoms with Gasteiger partial charge in [-0.05, 0) is 12.1 Å². The lowest BCUT2D eigenvalue weighted by Crippen LogP contribution is -2.14. The molecule has 0 aliphatic heterocycles. The molecule has 0 fully saturated rings. The number of aliphatic hydroxyl groups excluding tert-OH is 1. The molecule has 1 aromatic heterocycles. The zero-order valence-corrected chi connectivity index (χ0v) is 7.82. The molecule has 0 saturated heterocycles. The number of esters is 1. The summed E-state index contributed by atoms with van der Waals surface area (Å²) in [5.41, 5.74) is 0.296. The summed E-state index contributed by atoms with van der Waals surface area (Å²) in [5.74, 6) is -0.700. The summed E-state index contributed by atoms with van der Waals surface area (Å²) in [5, 5.41) is 9.25. The maximum Gasteiger partial charge on any atom is 0.341 e. The van der Waals surface area contributed by atoms with Gasteiger partial charge >= 0.3 is 5.97 Å². The van der Waals surface area contributed by atoms with Gasteiger partial charge in [-0.15, -0.1) is 12.4 Å². The van der Waals surface area contributed by atoms with Gasteiger partial charge in [-0.2, -0.15) is 0 Å². The van der Waals surface area contributed by atoms with E-state index in [-0.39, 0.29) is 12.4 Å². The van der Waals surface area contributed by atoms with Crippen LogP contribution in [0.4, 0.5) is 0 Å². The number of carbonyl (C=O) groups excluding carboxylic acids is 1. The van der Waals surface area contributed by atoms with Crippen LogP contribution in [0.2, 0.25) is 0 Å². The number of pyridine rings is 1. The van der Waals surface area contributed by atoms with E-state index in [9.17, 15) is 9.90 Å². The Kier molecular flexibility index (Phi) is 5.03. The number of carbonyl (C=O) groups is 1. The topological polar surface area (TPSA) is 59.4 Å². The maximum absolute atomic E-state index is 10.8. The highest BCUT2D eigenvalue weighted by Crippen LogP contribution is 2.09. The highest BCUT2D eigenvalue weighted by atomic mass is 35.5. The van der Waals surface area contributed by atoms with E-state index in [1.54, 1.807) is 18.2 Å². The van der Waals surface area contributed by atoms with E-state index in [0.29, 0.717) is 5.69 Å². The molecule has 0 spiro atoms. The highest BCUT2D eigenvalue weighted by Gasteiger charge is 2.18. The van der Waals surface area contributed by atoms with Crippen molar-refractivity contribution in [2.24, 2.45) is 0 Å². The van der Waals surface area contributed by atoms with Gasteiger partial charge in [0.05, 0.1) is 12.8 Å². The fraction of sp³-hybridized carbons (Fsp3) is 0.250. The second-order valence-corrected chi connectivity index (χ2v) is 2.18. The minimum absolute atomic E-state index is 0. The number of hydrogen-bond acceptors (Lipinski definition) is 4. The normalized spacial score (nSPS) is 11.2. The summed E-state index contributed by atoms with van der Waals surface area (Å²) < 4.78 is 4.34. The Hall–Kier alpha value is -1.13. The van der Waals surface area contributed by atoms with Crippen LogP contribution in [0.1, 0.15) is 11.8 Å². The first-order valence-corrected chi connectivity index (χ1v) is 3.42. The molecule has 13 heavy (non-hydrogen) atoms. The summed E-state index contributed by atoms with van der Waals surface area (Å²) in [6.45, 7) is 0. The summed E-state index contributed by atoms with van der Waals surface area (Å²) >= 11 is 0. The Morgan fingerprint density at radius 3 is 2.77 bits per heavy atom. The molecule has 0 aliphatic carbocycles. The number of aromatic nitrogens is 1. The van der Waals surface area contributed by atoms with Gasteiger partial charge in [0.1, 0.15) is 0 Å². The van der Waals surface area contributed by atoms with Crippen LogP contribution < -0.4 is 0 Å². The number of aliphatic hydroxyl groups is 1. The number of nitrogens with zero attached hydrogens (tertiary/aromatic N) is 1. The molecule has 0 radical (unpaired) electrons. The van der Waals surface area contributed by atoms with Gasteiger partial charge in [-0.3, -0.25) is 4.98 Å². The van der Waals surface area contributed by atoms with E-state index in [2.05, 4.69) is 9.72 Å². The molecule has 4 nitrogen and oxygen atoms in total. The molecule has 0 aliphatic rings. The van der Waals surface area contributed by atoms with Gasteiger partial charge in [0.15, 0.2) is 6.10 Å². The van der Waals surface area contributed by atoms with Gasteiger partial charge in [-0.25, -0.2) is 4.79 Å². The third kappa shape index (κ3) is 3.01. The molecule has 1 rings (SSSR count). The average molecular weight is 204 g/mol. The van der Waals surface area contributed by atoms with E-state index in [4.69, 9.17) is 0 Å². The van der Waals surface area contributed by atoms with E-state index in [0.717, 1.165) is 0 Å². The van der Waals surface area contributed by atoms with Crippen molar-refractivity contribution >= 4 is 18.4 Å². The van der Waals surface area contributed by atoms with Crippen LogP contribution in [0, 0.1) is 0 Å². The largest absolute Gasteiger partial charge is 0.467 e. The molecule has 0 amide bonds. The first-order valence-electron chi connectivity index (χ1n) is 3.42. The molecule has 72 valence electrons. The van der Waals surface area contributed by atoms with Crippen LogP contribution in [0.3, 0.4) is 0 Å². The highest BCUT2D eigenvalue weighted by molar-refractivity contribution is 5.85. The van der Waals surface area contributed by atoms with E-state index in [1.807, 2.05) is 0 Å². The molecular formula is C8H10ClNO3. The Balaban J connectivity index is 0.00000144. The lowest BCUT2D eigenvalue weighted by atomic mass is 10.2. The second-order valence-electron chi connectivity index (χ2n) is 2.18. The first-order chi connectivity index (χ1) is 5.75. The summed E-state index contributed by atoms with van der Waals surface area (Å²) in [6.07, 6.45) is 0.220. The van der Waals surface area contributed by atoms with Gasteiger partial charge in [0.25, 0.3) is 0 Å². The van der Waals surface area contributed by atoms with Crippen molar-refractivity contribution in [1.82, 2.24) is 4.98 Å². The quantitative estimate of drug-likeness (QED) is 0.720. The van der Waals surface area contributed by atoms with Crippen LogP contribution in [0.25, 0.3) is 0 Å². The number of methoxy groups -OCH3 is 1. The van der Waals surface area contributed by atoms with Gasteiger partial charge < -0.3 is 9.84 Å². The van der Waals surface area contributed by atoms with Crippen molar-refractivity contribution in [2.45, 2.75) is 6.10 Å². The van der Waals surface area contributed by atoms with Crippen LogP contribution in [0.5, 0.6) is 0 Å². The van der Waals surface area contributed by atoms with Crippen molar-refractivity contribution in [3.63, 3.8) is 0 Å². The fourth-order valence-electron chi connectivity index (χ4n) is 0.770. The van der Waals surface area contributed by atoms with Crippen molar-refractivity contribution in [1.29, 1.82) is 0 Å². The van der Waals surface area contributed by atoms with Gasteiger partial charge in [-0.1, -0.05) is 6.07 Å². The Morgan fingerprint density at radius 1 is 1.62 bits per heavy atom. The van der Waals surface area contributed by atoms with Gasteiger partial charge in [0, 0.05) is 6.20 Å². The molecule has 1 atom stereocenters. The number of ether oxygens (including phenoxy) is 1. The molecule has 1 aromatic rings. The zero-order valence-electron chi connectivity index (χ0n) is 7.01. The Bertz CT molecular complexity index is 265. The van der Waals surface area contributed by atoms with Crippen LogP contribution in [-0.2, 0) is 9.53 Å². The monoisotopic (exact) mass is 203 g/mol. The van der Waals surface area contributed by atoms with Crippen molar-refractivity contribution in [3.05, 3.63) is 30.1 Å². The SMILES string of the molecule is COC(=O)C(O)c1ccccn1.Cl. The molecular weight excluding hydrogens is 194 g/mol. The maximum atomic E-state index is 10.8. The third-order valence-electron chi connectivity index (χ3n) is 1.39. The molecule has 0 bridgehead atoms. The molecule has 0 saturated carbocycles. The standard InChI is InChI=1S/C8H9NO3.ClH/c1-12-8(11)7(10)6-4-2-3-5-9-6;/h2-5,7,10H,1H3;1H. The van der Waals surface area contributed by atoms with Crippen molar-refractivity contribution in [2.75, 3.05) is 7.11 Å². The second kappa shape index (κ2) is 5.50. The van der Waals surface area contributed by atoms with E-state index in [1.165, 1.54) is 13.3 Å². The predicted molar refractivity (Wildman–Crippen MR) is 48.5 cm³/mol. The van der Waals surface area contributed by atoms with E-state index < -0.39 is 12.1 Å². The minimum atomic E-state index is -1.28. The van der Waals surface area contributed by atoms with Crippen molar-refractivity contribution in [3.8, 4) is 0 Å².